The molecular formula is C20H21N3O4S. The van der Waals surface area contributed by atoms with Gasteiger partial charge in [-0.2, -0.15) is 0 Å². The topological polar surface area (TPSA) is 83.8 Å². The van der Waals surface area contributed by atoms with Crippen LogP contribution in [0.25, 0.3) is 0 Å². The monoisotopic (exact) mass is 399 g/mol. The highest BCUT2D eigenvalue weighted by Gasteiger charge is 2.25. The Labute approximate surface area is 167 Å². The lowest BCUT2D eigenvalue weighted by Crippen LogP contribution is -2.50. The van der Waals surface area contributed by atoms with E-state index in [4.69, 9.17) is 0 Å². The predicted octanol–water partition coefficient (Wildman–Crippen LogP) is 3.36. The van der Waals surface area contributed by atoms with E-state index in [9.17, 15) is 19.7 Å². The second-order valence-electron chi connectivity index (χ2n) is 6.65. The van der Waals surface area contributed by atoms with E-state index in [0.29, 0.717) is 31.1 Å². The standard InChI is InChI=1S/C20H21N3O4S/c1-14-3-6-17(7-4-14)28-19-8-5-16(13-18(19)23(26)27)20(25)22-11-9-21(10-12-22)15(2)24/h3-8,13H,9-12H2,1-2H3. The molecule has 1 aliphatic rings. The number of piperazine rings is 1. The first-order valence-corrected chi connectivity index (χ1v) is 9.74. The first kappa shape index (κ1) is 19.9. The van der Waals surface area contributed by atoms with Crippen molar-refractivity contribution in [3.63, 3.8) is 0 Å². The summed E-state index contributed by atoms with van der Waals surface area (Å²) in [5.74, 6) is -0.265. The number of hydrogen-bond acceptors (Lipinski definition) is 5. The Morgan fingerprint density at radius 2 is 1.61 bits per heavy atom. The van der Waals surface area contributed by atoms with Crippen LogP contribution in [0, 0.1) is 17.0 Å². The molecule has 0 saturated carbocycles. The van der Waals surface area contributed by atoms with Crippen molar-refractivity contribution in [3.05, 3.63) is 63.7 Å². The van der Waals surface area contributed by atoms with Crippen molar-refractivity contribution in [1.29, 1.82) is 0 Å². The number of nitro groups is 1. The minimum Gasteiger partial charge on any atom is -0.339 e. The SMILES string of the molecule is CC(=O)N1CCN(C(=O)c2ccc(Sc3ccc(C)cc3)c([N+](=O)[O-])c2)CC1. The summed E-state index contributed by atoms with van der Waals surface area (Å²) in [6, 6.07) is 12.3. The highest BCUT2D eigenvalue weighted by atomic mass is 32.2. The molecule has 1 aliphatic heterocycles. The molecular weight excluding hydrogens is 378 g/mol. The van der Waals surface area contributed by atoms with Crippen molar-refractivity contribution in [3.8, 4) is 0 Å². The summed E-state index contributed by atoms with van der Waals surface area (Å²) >= 11 is 1.30. The number of rotatable bonds is 4. The zero-order valence-corrected chi connectivity index (χ0v) is 16.6. The van der Waals surface area contributed by atoms with Crippen LogP contribution in [0.5, 0.6) is 0 Å². The van der Waals surface area contributed by atoms with Crippen molar-refractivity contribution in [2.24, 2.45) is 0 Å². The van der Waals surface area contributed by atoms with Crippen LogP contribution in [-0.4, -0.2) is 52.7 Å². The van der Waals surface area contributed by atoms with Gasteiger partial charge < -0.3 is 9.80 Å². The number of carbonyl (C=O) groups is 2. The van der Waals surface area contributed by atoms with E-state index in [1.165, 1.54) is 24.8 Å². The average Bonchev–Trinajstić information content (AvgIpc) is 2.69. The Morgan fingerprint density at radius 1 is 1.00 bits per heavy atom. The number of benzene rings is 2. The van der Waals surface area contributed by atoms with Crippen LogP contribution in [0.15, 0.2) is 52.3 Å². The third-order valence-corrected chi connectivity index (χ3v) is 5.74. The maximum Gasteiger partial charge on any atom is 0.284 e. The van der Waals surface area contributed by atoms with Crippen molar-refractivity contribution in [2.45, 2.75) is 23.6 Å². The van der Waals surface area contributed by atoms with Gasteiger partial charge in [0.15, 0.2) is 0 Å². The van der Waals surface area contributed by atoms with E-state index in [2.05, 4.69) is 0 Å². The molecule has 1 heterocycles. The van der Waals surface area contributed by atoms with Crippen LogP contribution >= 0.6 is 11.8 Å². The molecule has 0 N–H and O–H groups in total. The van der Waals surface area contributed by atoms with Gasteiger partial charge in [0.1, 0.15) is 0 Å². The quantitative estimate of drug-likeness (QED) is 0.581. The van der Waals surface area contributed by atoms with Gasteiger partial charge in [0.05, 0.1) is 9.82 Å². The summed E-state index contributed by atoms with van der Waals surface area (Å²) in [6.45, 7) is 5.28. The van der Waals surface area contributed by atoms with E-state index < -0.39 is 4.92 Å². The minimum absolute atomic E-state index is 0.0137. The van der Waals surface area contributed by atoms with Gasteiger partial charge in [-0.1, -0.05) is 29.5 Å². The van der Waals surface area contributed by atoms with Gasteiger partial charge in [0.2, 0.25) is 5.91 Å². The van der Waals surface area contributed by atoms with E-state index in [1.54, 1.807) is 21.9 Å². The Hall–Kier alpha value is -2.87. The van der Waals surface area contributed by atoms with Gasteiger partial charge in [0, 0.05) is 49.6 Å². The molecule has 0 bridgehead atoms. The molecule has 8 heteroatoms. The fourth-order valence-electron chi connectivity index (χ4n) is 3.02. The summed E-state index contributed by atoms with van der Waals surface area (Å²) in [4.78, 5) is 40.0. The lowest BCUT2D eigenvalue weighted by molar-refractivity contribution is -0.387. The average molecular weight is 399 g/mol. The highest BCUT2D eigenvalue weighted by Crippen LogP contribution is 2.35. The van der Waals surface area contributed by atoms with Crippen LogP contribution in [0.1, 0.15) is 22.8 Å². The predicted molar refractivity (Wildman–Crippen MR) is 107 cm³/mol. The van der Waals surface area contributed by atoms with E-state index in [0.717, 1.165) is 10.5 Å². The third kappa shape index (κ3) is 4.51. The summed E-state index contributed by atoms with van der Waals surface area (Å²) < 4.78 is 0. The largest absolute Gasteiger partial charge is 0.339 e. The number of nitrogens with zero attached hydrogens (tertiary/aromatic N) is 3. The van der Waals surface area contributed by atoms with Crippen molar-refractivity contribution >= 4 is 29.3 Å². The summed E-state index contributed by atoms with van der Waals surface area (Å²) in [5.41, 5.74) is 1.32. The van der Waals surface area contributed by atoms with Crippen LogP contribution < -0.4 is 0 Å². The van der Waals surface area contributed by atoms with Crippen LogP contribution in [-0.2, 0) is 4.79 Å². The molecule has 0 spiro atoms. The molecule has 3 rings (SSSR count). The van der Waals surface area contributed by atoms with Crippen molar-refractivity contribution in [2.75, 3.05) is 26.2 Å². The first-order valence-electron chi connectivity index (χ1n) is 8.93. The third-order valence-electron chi connectivity index (χ3n) is 4.66. The Kier molecular flexibility index (Phi) is 5.99. The number of hydrogen-bond donors (Lipinski definition) is 0. The van der Waals surface area contributed by atoms with Gasteiger partial charge in [0.25, 0.3) is 11.6 Å². The zero-order valence-electron chi connectivity index (χ0n) is 15.8. The number of amides is 2. The van der Waals surface area contributed by atoms with E-state index in [-0.39, 0.29) is 23.1 Å². The zero-order chi connectivity index (χ0) is 20.3. The van der Waals surface area contributed by atoms with Crippen molar-refractivity contribution < 1.29 is 14.5 Å². The molecule has 0 radical (unpaired) electrons. The molecule has 0 atom stereocenters. The Morgan fingerprint density at radius 3 is 2.18 bits per heavy atom. The first-order chi connectivity index (χ1) is 13.3. The molecule has 2 amide bonds. The molecule has 0 aromatic heterocycles. The van der Waals surface area contributed by atoms with Gasteiger partial charge in [-0.15, -0.1) is 0 Å². The molecule has 0 unspecified atom stereocenters. The molecule has 28 heavy (non-hydrogen) atoms. The molecule has 1 saturated heterocycles. The van der Waals surface area contributed by atoms with Gasteiger partial charge >= 0.3 is 0 Å². The maximum absolute atomic E-state index is 12.8. The van der Waals surface area contributed by atoms with Crippen molar-refractivity contribution in [1.82, 2.24) is 9.80 Å². The minimum atomic E-state index is -0.457. The second-order valence-corrected chi connectivity index (χ2v) is 7.77. The van der Waals surface area contributed by atoms with Gasteiger partial charge in [-0.3, -0.25) is 19.7 Å². The number of carbonyl (C=O) groups excluding carboxylic acids is 2. The van der Waals surface area contributed by atoms with E-state index in [1.807, 2.05) is 31.2 Å². The van der Waals surface area contributed by atoms with Crippen LogP contribution in [0.2, 0.25) is 0 Å². The fraction of sp³-hybridized carbons (Fsp3) is 0.300. The highest BCUT2D eigenvalue weighted by molar-refractivity contribution is 7.99. The lowest BCUT2D eigenvalue weighted by Gasteiger charge is -2.34. The number of aryl methyl sites for hydroxylation is 1. The van der Waals surface area contributed by atoms with Gasteiger partial charge in [-0.25, -0.2) is 0 Å². The normalized spacial score (nSPS) is 14.1. The van der Waals surface area contributed by atoms with Crippen LogP contribution in [0.4, 0.5) is 5.69 Å². The molecule has 146 valence electrons. The molecule has 7 nitrogen and oxygen atoms in total. The molecule has 1 fully saturated rings. The Balaban J connectivity index is 1.78. The number of nitro benzene ring substituents is 1. The molecule has 0 aliphatic carbocycles. The van der Waals surface area contributed by atoms with Gasteiger partial charge in [-0.05, 0) is 31.2 Å². The van der Waals surface area contributed by atoms with Crippen LogP contribution in [0.3, 0.4) is 0 Å². The smallest absolute Gasteiger partial charge is 0.284 e. The summed E-state index contributed by atoms with van der Waals surface area (Å²) in [7, 11) is 0. The Bertz CT molecular complexity index is 906. The molecule has 2 aromatic rings. The second kappa shape index (κ2) is 8.43. The van der Waals surface area contributed by atoms with E-state index >= 15 is 0 Å². The lowest BCUT2D eigenvalue weighted by atomic mass is 10.1. The molecule has 2 aromatic carbocycles. The summed E-state index contributed by atoms with van der Waals surface area (Å²) in [5, 5.41) is 11.6. The maximum atomic E-state index is 12.8. The summed E-state index contributed by atoms with van der Waals surface area (Å²) in [6.07, 6.45) is 0. The fourth-order valence-corrected chi connectivity index (χ4v) is 3.92.